The van der Waals surface area contributed by atoms with Crippen molar-refractivity contribution in [2.75, 3.05) is 21.3 Å². The molecule has 2 aromatic rings. The zero-order valence-corrected chi connectivity index (χ0v) is 16.4. The number of phenols is 2. The van der Waals surface area contributed by atoms with Crippen LogP contribution in [0.5, 0.6) is 34.5 Å². The number of methoxy groups -OCH3 is 3. The summed E-state index contributed by atoms with van der Waals surface area (Å²) in [5.41, 5.74) is -0.0744. The van der Waals surface area contributed by atoms with Gasteiger partial charge in [0.25, 0.3) is 0 Å². The van der Waals surface area contributed by atoms with E-state index in [4.69, 9.17) is 24.2 Å². The number of hydroxylamine groups is 1. The largest absolute Gasteiger partial charge is 0.504 e. The van der Waals surface area contributed by atoms with Gasteiger partial charge in [0.05, 0.1) is 27.8 Å². The summed E-state index contributed by atoms with van der Waals surface area (Å²) in [6.45, 7) is 0. The first-order chi connectivity index (χ1) is 14.3. The quantitative estimate of drug-likeness (QED) is 0.268. The molecule has 0 spiro atoms. The van der Waals surface area contributed by atoms with E-state index in [0.29, 0.717) is 22.8 Å². The van der Waals surface area contributed by atoms with Crippen molar-refractivity contribution in [1.29, 1.82) is 0 Å². The lowest BCUT2D eigenvalue weighted by Gasteiger charge is -2.32. The molecule has 10 nitrogen and oxygen atoms in total. The Labute approximate surface area is 171 Å². The van der Waals surface area contributed by atoms with Gasteiger partial charge in [0.1, 0.15) is 17.1 Å². The predicted molar refractivity (Wildman–Crippen MR) is 103 cm³/mol. The standard InChI is InChI=1S/C20H21NO9/c1-27-15-4-10(5-16(28-2)19(15)29-3)17-8-20(25,9-18(24)21-26)11-6-12(22)13(23)7-14(11)30-17/h4-8,22-23,25-26H,9H2,1-3H3,(H,21,24). The molecule has 1 unspecified atom stereocenters. The van der Waals surface area contributed by atoms with Crippen LogP contribution in [0.15, 0.2) is 30.3 Å². The van der Waals surface area contributed by atoms with Crippen molar-refractivity contribution in [2.24, 2.45) is 0 Å². The van der Waals surface area contributed by atoms with Gasteiger partial charge in [0, 0.05) is 17.2 Å². The van der Waals surface area contributed by atoms with Crippen molar-refractivity contribution >= 4 is 11.7 Å². The highest BCUT2D eigenvalue weighted by atomic mass is 16.5. The molecule has 1 aliphatic rings. The van der Waals surface area contributed by atoms with E-state index in [-0.39, 0.29) is 17.1 Å². The number of hydrogen-bond acceptors (Lipinski definition) is 9. The molecule has 3 rings (SSSR count). The highest BCUT2D eigenvalue weighted by Crippen LogP contribution is 2.48. The maximum Gasteiger partial charge on any atom is 0.246 e. The van der Waals surface area contributed by atoms with Gasteiger partial charge in [-0.2, -0.15) is 0 Å². The second-order valence-corrected chi connectivity index (χ2v) is 6.50. The Morgan fingerprint density at radius 3 is 2.17 bits per heavy atom. The molecule has 0 saturated carbocycles. The Kier molecular flexibility index (Phi) is 5.63. The van der Waals surface area contributed by atoms with E-state index in [9.17, 15) is 20.1 Å². The van der Waals surface area contributed by atoms with Crippen LogP contribution >= 0.6 is 0 Å². The van der Waals surface area contributed by atoms with Gasteiger partial charge in [-0.25, -0.2) is 5.48 Å². The number of rotatable bonds is 6. The van der Waals surface area contributed by atoms with Crippen LogP contribution in [0.4, 0.5) is 0 Å². The third-order valence-corrected chi connectivity index (χ3v) is 4.64. The van der Waals surface area contributed by atoms with Gasteiger partial charge in [0.15, 0.2) is 23.0 Å². The Hall–Kier alpha value is -3.63. The number of carbonyl (C=O) groups is 1. The van der Waals surface area contributed by atoms with Crippen LogP contribution in [0.1, 0.15) is 17.5 Å². The molecule has 0 fully saturated rings. The van der Waals surface area contributed by atoms with E-state index in [0.717, 1.165) is 12.1 Å². The topological polar surface area (TPSA) is 147 Å². The first-order valence-corrected chi connectivity index (χ1v) is 8.69. The molecule has 0 aromatic heterocycles. The van der Waals surface area contributed by atoms with Gasteiger partial charge in [-0.15, -0.1) is 0 Å². The fourth-order valence-electron chi connectivity index (χ4n) is 3.22. The molecule has 1 amide bonds. The minimum Gasteiger partial charge on any atom is -0.504 e. The van der Waals surface area contributed by atoms with Crippen LogP contribution in [0.25, 0.3) is 5.76 Å². The van der Waals surface area contributed by atoms with Crippen molar-refractivity contribution in [1.82, 2.24) is 5.48 Å². The molecule has 5 N–H and O–H groups in total. The molecule has 1 heterocycles. The van der Waals surface area contributed by atoms with Crippen LogP contribution in [0.3, 0.4) is 0 Å². The second kappa shape index (κ2) is 8.01. The Balaban J connectivity index is 2.19. The average Bonchev–Trinajstić information content (AvgIpc) is 2.73. The lowest BCUT2D eigenvalue weighted by molar-refractivity contribution is -0.133. The van der Waals surface area contributed by atoms with E-state index in [1.165, 1.54) is 32.9 Å². The molecule has 0 aliphatic carbocycles. The summed E-state index contributed by atoms with van der Waals surface area (Å²) in [7, 11) is 4.33. The van der Waals surface area contributed by atoms with E-state index >= 15 is 0 Å². The van der Waals surface area contributed by atoms with Crippen LogP contribution < -0.4 is 24.4 Å². The molecule has 0 radical (unpaired) electrons. The molecule has 160 valence electrons. The summed E-state index contributed by atoms with van der Waals surface area (Å²) < 4.78 is 21.8. The SMILES string of the molecule is COc1cc(C2=CC(O)(CC(=O)NO)c3cc(O)c(O)cc3O2)cc(OC)c1OC. The van der Waals surface area contributed by atoms with Gasteiger partial charge in [-0.1, -0.05) is 0 Å². The third-order valence-electron chi connectivity index (χ3n) is 4.64. The van der Waals surface area contributed by atoms with Crippen LogP contribution in [-0.4, -0.2) is 47.8 Å². The number of hydrogen-bond donors (Lipinski definition) is 5. The number of carbonyl (C=O) groups excluding carboxylic acids is 1. The third kappa shape index (κ3) is 3.65. The Morgan fingerprint density at radius 1 is 1.03 bits per heavy atom. The van der Waals surface area contributed by atoms with Gasteiger partial charge in [0.2, 0.25) is 11.7 Å². The summed E-state index contributed by atoms with van der Waals surface area (Å²) in [6.07, 6.45) is 0.666. The van der Waals surface area contributed by atoms with Crippen LogP contribution in [0, 0.1) is 0 Å². The summed E-state index contributed by atoms with van der Waals surface area (Å²) in [5, 5.41) is 39.8. The highest BCUT2D eigenvalue weighted by molar-refractivity contribution is 5.79. The normalized spacial score (nSPS) is 17.3. The molecular weight excluding hydrogens is 398 g/mol. The number of fused-ring (bicyclic) bond motifs is 1. The summed E-state index contributed by atoms with van der Waals surface area (Å²) >= 11 is 0. The fourth-order valence-corrected chi connectivity index (χ4v) is 3.22. The van der Waals surface area contributed by atoms with E-state index in [2.05, 4.69) is 0 Å². The first kappa shape index (κ1) is 21.1. The number of nitrogens with one attached hydrogen (secondary N) is 1. The molecular formula is C20H21NO9. The van der Waals surface area contributed by atoms with Crippen molar-refractivity contribution in [3.8, 4) is 34.5 Å². The second-order valence-electron chi connectivity index (χ2n) is 6.50. The Morgan fingerprint density at radius 2 is 1.63 bits per heavy atom. The molecule has 0 saturated heterocycles. The number of aromatic hydroxyl groups is 2. The smallest absolute Gasteiger partial charge is 0.246 e. The average molecular weight is 419 g/mol. The summed E-state index contributed by atoms with van der Waals surface area (Å²) in [4.78, 5) is 11.8. The predicted octanol–water partition coefficient (Wildman–Crippen LogP) is 1.64. The van der Waals surface area contributed by atoms with Crippen molar-refractivity contribution in [3.05, 3.63) is 41.5 Å². The Bertz CT molecular complexity index is 993. The molecule has 0 bridgehead atoms. The lowest BCUT2D eigenvalue weighted by atomic mass is 9.85. The van der Waals surface area contributed by atoms with Crippen molar-refractivity contribution in [2.45, 2.75) is 12.0 Å². The van der Waals surface area contributed by atoms with E-state index in [1.54, 1.807) is 12.1 Å². The number of phenolic OH excluding ortho intramolecular Hbond substituents is 2. The number of aliphatic hydroxyl groups is 1. The molecule has 10 heteroatoms. The molecule has 1 aliphatic heterocycles. The van der Waals surface area contributed by atoms with E-state index < -0.39 is 29.4 Å². The van der Waals surface area contributed by atoms with Gasteiger partial charge in [-0.05, 0) is 24.3 Å². The fraction of sp³-hybridized carbons (Fsp3) is 0.250. The van der Waals surface area contributed by atoms with Crippen molar-refractivity contribution in [3.63, 3.8) is 0 Å². The zero-order valence-electron chi connectivity index (χ0n) is 16.4. The molecule has 30 heavy (non-hydrogen) atoms. The number of ether oxygens (including phenoxy) is 4. The molecule has 2 aromatic carbocycles. The number of amides is 1. The minimum atomic E-state index is -1.97. The van der Waals surface area contributed by atoms with Gasteiger partial charge >= 0.3 is 0 Å². The first-order valence-electron chi connectivity index (χ1n) is 8.69. The van der Waals surface area contributed by atoms with Crippen LogP contribution in [0.2, 0.25) is 0 Å². The van der Waals surface area contributed by atoms with Gasteiger partial charge < -0.3 is 34.3 Å². The zero-order chi connectivity index (χ0) is 22.1. The van der Waals surface area contributed by atoms with E-state index in [1.807, 2.05) is 0 Å². The minimum absolute atomic E-state index is 0.00444. The van der Waals surface area contributed by atoms with Crippen molar-refractivity contribution < 1.29 is 44.3 Å². The number of benzene rings is 2. The lowest BCUT2D eigenvalue weighted by Crippen LogP contribution is -2.34. The maximum atomic E-state index is 11.8. The monoisotopic (exact) mass is 419 g/mol. The maximum absolute atomic E-state index is 11.8. The highest BCUT2D eigenvalue weighted by Gasteiger charge is 2.39. The molecule has 1 atom stereocenters. The summed E-state index contributed by atoms with van der Waals surface area (Å²) in [5.74, 6) is -0.750. The van der Waals surface area contributed by atoms with Crippen LogP contribution in [-0.2, 0) is 10.4 Å². The van der Waals surface area contributed by atoms with Gasteiger partial charge in [-0.3, -0.25) is 10.0 Å². The summed E-state index contributed by atoms with van der Waals surface area (Å²) in [6, 6.07) is 5.34.